The van der Waals surface area contributed by atoms with Crippen LogP contribution in [-0.2, 0) is 0 Å². The Morgan fingerprint density at radius 2 is 2.05 bits per heavy atom. The van der Waals surface area contributed by atoms with Crippen LogP contribution in [0.3, 0.4) is 0 Å². The van der Waals surface area contributed by atoms with Gasteiger partial charge in [-0.3, -0.25) is 4.90 Å². The number of nitrogens with one attached hydrogen (secondary N) is 1. The fourth-order valence-electron chi connectivity index (χ4n) is 2.92. The van der Waals surface area contributed by atoms with Crippen LogP contribution in [0, 0.1) is 0 Å². The van der Waals surface area contributed by atoms with Gasteiger partial charge in [0.25, 0.3) is 0 Å². The maximum atomic E-state index is 10.3. The molecule has 0 aliphatic carbocycles. The molecule has 0 bridgehead atoms. The Morgan fingerprint density at radius 3 is 2.75 bits per heavy atom. The van der Waals surface area contributed by atoms with Gasteiger partial charge < -0.3 is 10.4 Å². The largest absolute Gasteiger partial charge is 0.506 e. The minimum Gasteiger partial charge on any atom is -0.506 e. The summed E-state index contributed by atoms with van der Waals surface area (Å²) in [4.78, 5) is 2.47. The minimum atomic E-state index is 0.259. The molecule has 0 unspecified atom stereocenters. The van der Waals surface area contributed by atoms with Crippen molar-refractivity contribution >= 4 is 11.6 Å². The molecule has 0 amide bonds. The molecule has 1 heterocycles. The molecule has 0 aromatic heterocycles. The summed E-state index contributed by atoms with van der Waals surface area (Å²) >= 11 is 6.08. The predicted octanol–water partition coefficient (Wildman–Crippen LogP) is 3.57. The van der Waals surface area contributed by atoms with E-state index < -0.39 is 0 Å². The van der Waals surface area contributed by atoms with Crippen molar-refractivity contribution in [1.82, 2.24) is 10.2 Å². The summed E-state index contributed by atoms with van der Waals surface area (Å²) in [7, 11) is 0. The standard InChI is InChI=1S/C16H25ClN2O/c1-2-3-4-8-15(19-11-9-18-10-12-19)13-6-5-7-14(17)16(13)20/h5-7,15,18,20H,2-4,8-12H2,1H3/t15-/m1/s1. The van der Waals surface area contributed by atoms with Crippen LogP contribution in [-0.4, -0.2) is 36.2 Å². The fraction of sp³-hybridized carbons (Fsp3) is 0.625. The van der Waals surface area contributed by atoms with E-state index in [4.69, 9.17) is 11.6 Å². The second-order valence-corrected chi connectivity index (χ2v) is 5.88. The van der Waals surface area contributed by atoms with Gasteiger partial charge in [-0.15, -0.1) is 0 Å². The van der Waals surface area contributed by atoms with Crippen LogP contribution in [0.25, 0.3) is 0 Å². The Balaban J connectivity index is 2.17. The zero-order valence-corrected chi connectivity index (χ0v) is 13.0. The maximum absolute atomic E-state index is 10.3. The predicted molar refractivity (Wildman–Crippen MR) is 84.4 cm³/mol. The number of piperazine rings is 1. The number of aromatic hydroxyl groups is 1. The van der Waals surface area contributed by atoms with Crippen LogP contribution >= 0.6 is 11.6 Å². The Hall–Kier alpha value is -0.770. The minimum absolute atomic E-state index is 0.259. The number of nitrogens with zero attached hydrogens (tertiary/aromatic N) is 1. The molecule has 1 aromatic carbocycles. The zero-order valence-electron chi connectivity index (χ0n) is 12.2. The third-order valence-corrected chi connectivity index (χ3v) is 4.36. The van der Waals surface area contributed by atoms with E-state index in [-0.39, 0.29) is 11.8 Å². The fourth-order valence-corrected chi connectivity index (χ4v) is 3.10. The number of rotatable bonds is 6. The summed E-state index contributed by atoms with van der Waals surface area (Å²) in [6.45, 7) is 6.32. The molecule has 3 nitrogen and oxygen atoms in total. The van der Waals surface area contributed by atoms with Crippen molar-refractivity contribution in [2.45, 2.75) is 38.6 Å². The molecule has 1 fully saturated rings. The van der Waals surface area contributed by atoms with Gasteiger partial charge in [-0.25, -0.2) is 0 Å². The van der Waals surface area contributed by atoms with Gasteiger partial charge in [0.2, 0.25) is 0 Å². The van der Waals surface area contributed by atoms with Gasteiger partial charge in [0, 0.05) is 37.8 Å². The van der Waals surface area contributed by atoms with Crippen molar-refractivity contribution in [1.29, 1.82) is 0 Å². The lowest BCUT2D eigenvalue weighted by Crippen LogP contribution is -2.45. The zero-order chi connectivity index (χ0) is 14.4. The van der Waals surface area contributed by atoms with Gasteiger partial charge >= 0.3 is 0 Å². The average molecular weight is 297 g/mol. The lowest BCUT2D eigenvalue weighted by molar-refractivity contribution is 0.160. The van der Waals surface area contributed by atoms with E-state index >= 15 is 0 Å². The first-order chi connectivity index (χ1) is 9.74. The second-order valence-electron chi connectivity index (χ2n) is 5.48. The van der Waals surface area contributed by atoms with E-state index in [0.717, 1.165) is 38.2 Å². The second kappa shape index (κ2) is 7.87. The Bertz CT molecular complexity index is 419. The number of unbranched alkanes of at least 4 members (excludes halogenated alkanes) is 2. The van der Waals surface area contributed by atoms with Crippen LogP contribution in [0.5, 0.6) is 5.75 Å². The van der Waals surface area contributed by atoms with Crippen LogP contribution in [0.1, 0.15) is 44.2 Å². The molecule has 1 aliphatic heterocycles. The molecule has 2 N–H and O–H groups in total. The van der Waals surface area contributed by atoms with Crippen LogP contribution in [0.15, 0.2) is 18.2 Å². The van der Waals surface area contributed by atoms with Crippen LogP contribution < -0.4 is 5.32 Å². The smallest absolute Gasteiger partial charge is 0.138 e. The normalized spacial score (nSPS) is 18.1. The molecular weight excluding hydrogens is 272 g/mol. The van der Waals surface area contributed by atoms with Crippen molar-refractivity contribution in [2.75, 3.05) is 26.2 Å². The number of halogens is 1. The number of para-hydroxylation sites is 1. The van der Waals surface area contributed by atoms with E-state index in [1.807, 2.05) is 12.1 Å². The molecule has 2 rings (SSSR count). The molecular formula is C16H25ClN2O. The SMILES string of the molecule is CCCCC[C@H](c1cccc(Cl)c1O)N1CCNCC1. The highest BCUT2D eigenvalue weighted by Crippen LogP contribution is 2.36. The molecule has 4 heteroatoms. The molecule has 0 saturated carbocycles. The van der Waals surface area contributed by atoms with E-state index in [0.29, 0.717) is 5.02 Å². The summed E-state index contributed by atoms with van der Waals surface area (Å²) in [5.74, 6) is 0.259. The number of phenolic OH excluding ortho intramolecular Hbond substituents is 1. The van der Waals surface area contributed by atoms with Crippen LogP contribution in [0.4, 0.5) is 0 Å². The van der Waals surface area contributed by atoms with E-state index in [1.165, 1.54) is 19.3 Å². The van der Waals surface area contributed by atoms with Crippen molar-refractivity contribution in [2.24, 2.45) is 0 Å². The van der Waals surface area contributed by atoms with Gasteiger partial charge in [0.15, 0.2) is 0 Å². The maximum Gasteiger partial charge on any atom is 0.138 e. The van der Waals surface area contributed by atoms with E-state index in [1.54, 1.807) is 6.07 Å². The van der Waals surface area contributed by atoms with Crippen LogP contribution in [0.2, 0.25) is 5.02 Å². The van der Waals surface area contributed by atoms with Crippen molar-refractivity contribution < 1.29 is 5.11 Å². The molecule has 0 radical (unpaired) electrons. The first kappa shape index (κ1) is 15.6. The molecule has 1 atom stereocenters. The number of phenols is 1. The average Bonchev–Trinajstić information content (AvgIpc) is 2.48. The Kier molecular flexibility index (Phi) is 6.14. The number of hydrogen-bond acceptors (Lipinski definition) is 3. The van der Waals surface area contributed by atoms with Crippen molar-refractivity contribution in [3.05, 3.63) is 28.8 Å². The molecule has 20 heavy (non-hydrogen) atoms. The highest BCUT2D eigenvalue weighted by Gasteiger charge is 2.24. The first-order valence-corrected chi connectivity index (χ1v) is 8.04. The van der Waals surface area contributed by atoms with Crippen molar-refractivity contribution in [3.8, 4) is 5.75 Å². The third kappa shape index (κ3) is 3.87. The highest BCUT2D eigenvalue weighted by atomic mass is 35.5. The first-order valence-electron chi connectivity index (χ1n) is 7.66. The van der Waals surface area contributed by atoms with Gasteiger partial charge in [-0.1, -0.05) is 49.9 Å². The van der Waals surface area contributed by atoms with Gasteiger partial charge in [0.1, 0.15) is 5.75 Å². The summed E-state index contributed by atoms with van der Waals surface area (Å²) in [5, 5.41) is 14.1. The lowest BCUT2D eigenvalue weighted by atomic mass is 9.97. The quantitative estimate of drug-likeness (QED) is 0.788. The summed E-state index contributed by atoms with van der Waals surface area (Å²) in [6, 6.07) is 5.98. The number of benzene rings is 1. The molecule has 1 saturated heterocycles. The Morgan fingerprint density at radius 1 is 1.30 bits per heavy atom. The van der Waals surface area contributed by atoms with Gasteiger partial charge in [0.05, 0.1) is 5.02 Å². The molecule has 1 aliphatic rings. The monoisotopic (exact) mass is 296 g/mol. The Labute approximate surface area is 126 Å². The molecule has 0 spiro atoms. The van der Waals surface area contributed by atoms with Gasteiger partial charge in [-0.05, 0) is 12.5 Å². The van der Waals surface area contributed by atoms with Gasteiger partial charge in [-0.2, -0.15) is 0 Å². The lowest BCUT2D eigenvalue weighted by Gasteiger charge is -2.35. The van der Waals surface area contributed by atoms with Crippen molar-refractivity contribution in [3.63, 3.8) is 0 Å². The van der Waals surface area contributed by atoms with E-state index in [9.17, 15) is 5.11 Å². The highest BCUT2D eigenvalue weighted by molar-refractivity contribution is 6.32. The molecule has 1 aromatic rings. The summed E-state index contributed by atoms with van der Waals surface area (Å²) in [5.41, 5.74) is 0.982. The topological polar surface area (TPSA) is 35.5 Å². The third-order valence-electron chi connectivity index (χ3n) is 4.05. The summed E-state index contributed by atoms with van der Waals surface area (Å²) in [6.07, 6.45) is 4.73. The number of hydrogen-bond donors (Lipinski definition) is 2. The summed E-state index contributed by atoms with van der Waals surface area (Å²) < 4.78 is 0. The van der Waals surface area contributed by atoms with E-state index in [2.05, 4.69) is 17.1 Å². The molecule has 112 valence electrons.